The van der Waals surface area contributed by atoms with Crippen LogP contribution in [0.25, 0.3) is 10.9 Å². The summed E-state index contributed by atoms with van der Waals surface area (Å²) in [6.45, 7) is 3.87. The van der Waals surface area contributed by atoms with Crippen molar-refractivity contribution in [1.29, 1.82) is 0 Å². The molecule has 5 rings (SSSR count). The first-order valence-corrected chi connectivity index (χ1v) is 11.2. The van der Waals surface area contributed by atoms with Gasteiger partial charge >= 0.3 is 0 Å². The third-order valence-corrected chi connectivity index (χ3v) is 6.70. The lowest BCUT2D eigenvalue weighted by molar-refractivity contribution is -0.683. The third kappa shape index (κ3) is 3.44. The predicted molar refractivity (Wildman–Crippen MR) is 118 cm³/mol. The van der Waals surface area contributed by atoms with Gasteiger partial charge < -0.3 is 9.47 Å². The van der Waals surface area contributed by atoms with Crippen LogP contribution in [0.3, 0.4) is 0 Å². The zero-order valence-corrected chi connectivity index (χ0v) is 17.8. The quantitative estimate of drug-likeness (QED) is 0.476. The van der Waals surface area contributed by atoms with Gasteiger partial charge in [0.15, 0.2) is 12.4 Å². The Hall–Kier alpha value is -3.02. The topological polar surface area (TPSA) is 46.2 Å². The molecule has 0 saturated carbocycles. The molecule has 1 saturated heterocycles. The Kier molecular flexibility index (Phi) is 5.08. The largest absolute Gasteiger partial charge is 0.369 e. The first kappa shape index (κ1) is 19.9. The minimum absolute atomic E-state index is 0.0805. The second kappa shape index (κ2) is 7.91. The van der Waals surface area contributed by atoms with Crippen LogP contribution in [0.15, 0.2) is 47.7 Å². The van der Waals surface area contributed by atoms with E-state index in [1.54, 1.807) is 23.2 Å². The molecule has 1 fully saturated rings. The molecule has 1 atom stereocenters. The monoisotopic (exact) mass is 420 g/mol. The van der Waals surface area contributed by atoms with Crippen molar-refractivity contribution in [3.63, 3.8) is 0 Å². The molecule has 160 valence electrons. The Morgan fingerprint density at radius 3 is 2.65 bits per heavy atom. The fourth-order valence-electron chi connectivity index (χ4n) is 5.08. The van der Waals surface area contributed by atoms with Crippen LogP contribution in [0.2, 0.25) is 0 Å². The van der Waals surface area contributed by atoms with Gasteiger partial charge in [-0.2, -0.15) is 4.57 Å². The van der Waals surface area contributed by atoms with Gasteiger partial charge in [0.25, 0.3) is 0 Å². The van der Waals surface area contributed by atoms with E-state index in [1.165, 1.54) is 12.5 Å². The highest BCUT2D eigenvalue weighted by Gasteiger charge is 2.29. The summed E-state index contributed by atoms with van der Waals surface area (Å²) in [7, 11) is 0. The van der Waals surface area contributed by atoms with E-state index in [4.69, 9.17) is 0 Å². The van der Waals surface area contributed by atoms with Gasteiger partial charge in [-0.3, -0.25) is 9.59 Å². The van der Waals surface area contributed by atoms with Crippen molar-refractivity contribution >= 4 is 22.4 Å². The van der Waals surface area contributed by atoms with Crippen molar-refractivity contribution in [2.45, 2.75) is 51.6 Å². The number of hydrogen-bond acceptors (Lipinski definition) is 3. The number of hydrogen-bond donors (Lipinski definition) is 0. The van der Waals surface area contributed by atoms with Crippen molar-refractivity contribution in [2.24, 2.45) is 0 Å². The molecule has 31 heavy (non-hydrogen) atoms. The van der Waals surface area contributed by atoms with Crippen LogP contribution in [0.5, 0.6) is 0 Å². The van der Waals surface area contributed by atoms with Gasteiger partial charge in [-0.1, -0.05) is 6.07 Å². The molecule has 0 radical (unpaired) electrons. The van der Waals surface area contributed by atoms with Gasteiger partial charge in [-0.15, -0.1) is 0 Å². The molecule has 1 aromatic carbocycles. The number of aromatic nitrogens is 2. The Bertz CT molecular complexity index is 1210. The van der Waals surface area contributed by atoms with Gasteiger partial charge in [0, 0.05) is 48.4 Å². The highest BCUT2D eigenvalue weighted by atomic mass is 19.1. The van der Waals surface area contributed by atoms with E-state index in [2.05, 4.69) is 11.8 Å². The van der Waals surface area contributed by atoms with Gasteiger partial charge in [0.05, 0.1) is 16.8 Å². The predicted octanol–water partition coefficient (Wildman–Crippen LogP) is 3.81. The Morgan fingerprint density at radius 2 is 1.90 bits per heavy atom. The first-order chi connectivity index (χ1) is 15.0. The molecular formula is C25H27FN3O2+. The molecule has 0 spiro atoms. The summed E-state index contributed by atoms with van der Waals surface area (Å²) in [6, 6.07) is 7.08. The zero-order valence-electron chi connectivity index (χ0n) is 17.8. The van der Waals surface area contributed by atoms with Crippen LogP contribution in [-0.2, 0) is 13.0 Å². The SMILES string of the molecule is CC1CCc2c(N3CCCCC3)c(F)cc3c(=O)c(C(=O)C[n+]4ccccc4)cn1c23. The van der Waals surface area contributed by atoms with E-state index >= 15 is 4.39 Å². The van der Waals surface area contributed by atoms with Gasteiger partial charge in [0.2, 0.25) is 17.8 Å². The number of anilines is 1. The van der Waals surface area contributed by atoms with Crippen LogP contribution in [0, 0.1) is 5.82 Å². The molecule has 0 aliphatic carbocycles. The van der Waals surface area contributed by atoms with E-state index in [-0.39, 0.29) is 35.2 Å². The average Bonchev–Trinajstić information content (AvgIpc) is 2.78. The Morgan fingerprint density at radius 1 is 1.16 bits per heavy atom. The first-order valence-electron chi connectivity index (χ1n) is 11.2. The van der Waals surface area contributed by atoms with E-state index in [0.717, 1.165) is 49.9 Å². The number of Topliss-reactive ketones (excluding diaryl/α,β-unsaturated/α-hetero) is 1. The number of ketones is 1. The fourth-order valence-corrected chi connectivity index (χ4v) is 5.08. The van der Waals surface area contributed by atoms with Gasteiger partial charge in [-0.05, 0) is 45.1 Å². The molecule has 2 aromatic heterocycles. The Labute approximate surface area is 180 Å². The summed E-state index contributed by atoms with van der Waals surface area (Å²) in [5, 5.41) is 0.323. The number of nitrogens with zero attached hydrogens (tertiary/aromatic N) is 3. The van der Waals surface area contributed by atoms with Crippen LogP contribution in [-0.4, -0.2) is 23.4 Å². The maximum Gasteiger partial charge on any atom is 0.232 e. The molecule has 3 aromatic rings. The van der Waals surface area contributed by atoms with E-state index in [1.807, 2.05) is 22.8 Å². The molecule has 6 heteroatoms. The molecular weight excluding hydrogens is 393 g/mol. The molecule has 1 unspecified atom stereocenters. The maximum atomic E-state index is 15.4. The average molecular weight is 421 g/mol. The highest BCUT2D eigenvalue weighted by Crippen LogP contribution is 2.38. The summed E-state index contributed by atoms with van der Waals surface area (Å²) < 4.78 is 19.2. The molecule has 5 nitrogen and oxygen atoms in total. The zero-order chi connectivity index (χ0) is 21.5. The number of pyridine rings is 2. The minimum atomic E-state index is -0.368. The lowest BCUT2D eigenvalue weighted by Gasteiger charge is -2.34. The van der Waals surface area contributed by atoms with Crippen molar-refractivity contribution in [2.75, 3.05) is 18.0 Å². The molecule has 0 bridgehead atoms. The van der Waals surface area contributed by atoms with Crippen LogP contribution in [0.4, 0.5) is 10.1 Å². The standard InChI is InChI=1S/C25H27FN3O2/c1-17-8-9-18-23-19(14-21(26)24(18)28-12-6-3-7-13-28)25(31)20(15-29(17)23)22(30)16-27-10-4-2-5-11-27/h2,4-5,10-11,14-15,17H,3,6-9,12-13,16H2,1H3/q+1. The van der Waals surface area contributed by atoms with E-state index < -0.39 is 0 Å². The number of piperidine rings is 1. The molecule has 2 aliphatic rings. The van der Waals surface area contributed by atoms with E-state index in [9.17, 15) is 9.59 Å². The fraction of sp³-hybridized carbons (Fsp3) is 0.400. The molecule has 0 N–H and O–H groups in total. The van der Waals surface area contributed by atoms with Crippen LogP contribution in [0.1, 0.15) is 54.6 Å². The normalized spacial score (nSPS) is 18.4. The Balaban J connectivity index is 1.67. The molecule has 2 aliphatic heterocycles. The lowest BCUT2D eigenvalue weighted by Crippen LogP contribution is -2.38. The summed E-state index contributed by atoms with van der Waals surface area (Å²) in [6.07, 6.45) is 10.2. The summed E-state index contributed by atoms with van der Waals surface area (Å²) in [5.41, 5.74) is 2.14. The number of rotatable bonds is 4. The number of carbonyl (C=O) groups is 1. The van der Waals surface area contributed by atoms with Crippen molar-refractivity contribution in [3.05, 3.63) is 70.0 Å². The third-order valence-electron chi connectivity index (χ3n) is 6.70. The number of benzene rings is 1. The summed E-state index contributed by atoms with van der Waals surface area (Å²) in [5.74, 6) is -0.601. The van der Waals surface area contributed by atoms with Gasteiger partial charge in [-0.25, -0.2) is 4.39 Å². The molecule has 0 amide bonds. The second-order valence-electron chi connectivity index (χ2n) is 8.77. The summed E-state index contributed by atoms with van der Waals surface area (Å²) in [4.78, 5) is 28.5. The number of carbonyl (C=O) groups excluding carboxylic acids is 1. The number of aryl methyl sites for hydroxylation is 1. The smallest absolute Gasteiger partial charge is 0.232 e. The highest BCUT2D eigenvalue weighted by molar-refractivity contribution is 5.99. The van der Waals surface area contributed by atoms with Crippen molar-refractivity contribution in [1.82, 2.24) is 4.57 Å². The van der Waals surface area contributed by atoms with E-state index in [0.29, 0.717) is 11.1 Å². The van der Waals surface area contributed by atoms with Gasteiger partial charge in [0.1, 0.15) is 5.82 Å². The summed E-state index contributed by atoms with van der Waals surface area (Å²) >= 11 is 0. The van der Waals surface area contributed by atoms with Crippen molar-refractivity contribution in [3.8, 4) is 0 Å². The van der Waals surface area contributed by atoms with Crippen LogP contribution >= 0.6 is 0 Å². The second-order valence-corrected chi connectivity index (χ2v) is 8.77. The number of halogens is 1. The van der Waals surface area contributed by atoms with Crippen LogP contribution < -0.4 is 14.9 Å². The molecule has 4 heterocycles. The van der Waals surface area contributed by atoms with Crippen molar-refractivity contribution < 1.29 is 13.8 Å². The minimum Gasteiger partial charge on any atom is -0.369 e. The lowest BCUT2D eigenvalue weighted by atomic mass is 9.92. The maximum absolute atomic E-state index is 15.4.